The molecular weight excluding hydrogens is 322 g/mol. The maximum Gasteiger partial charge on any atom is 0.282 e. The summed E-state index contributed by atoms with van der Waals surface area (Å²) >= 11 is 0. The monoisotopic (exact) mass is 337 g/mol. The number of carbonyl (C=O) groups is 2. The van der Waals surface area contributed by atoms with Gasteiger partial charge in [0.05, 0.1) is 18.5 Å². The Morgan fingerprint density at radius 1 is 1.16 bits per heavy atom. The topological polar surface area (TPSA) is 96.6 Å². The van der Waals surface area contributed by atoms with Gasteiger partial charge in [-0.15, -0.1) is 0 Å². The molecule has 1 aliphatic heterocycles. The third-order valence-electron chi connectivity index (χ3n) is 3.58. The predicted octanol–water partition coefficient (Wildman–Crippen LogP) is 2.60. The molecular formula is C17H15N5O3. The van der Waals surface area contributed by atoms with Crippen LogP contribution in [0.1, 0.15) is 17.3 Å². The fourth-order valence-corrected chi connectivity index (χ4v) is 2.22. The lowest BCUT2D eigenvalue weighted by Crippen LogP contribution is -2.34. The number of methoxy groups -OCH3 is 1. The molecule has 0 bridgehead atoms. The number of hydrogen-bond acceptors (Lipinski definition) is 7. The molecule has 8 nitrogen and oxygen atoms in total. The Hall–Kier alpha value is -3.42. The molecule has 8 heteroatoms. The molecule has 0 fully saturated rings. The van der Waals surface area contributed by atoms with Gasteiger partial charge >= 0.3 is 0 Å². The highest BCUT2D eigenvalue weighted by Gasteiger charge is 2.38. The number of pyridine rings is 1. The number of carbonyl (C=O) groups excluding carboxylic acids is 2. The number of benzene rings is 1. The molecule has 2 aromatic rings. The van der Waals surface area contributed by atoms with Gasteiger partial charge in [0, 0.05) is 18.0 Å². The lowest BCUT2D eigenvalue weighted by Gasteiger charge is -2.10. The molecule has 0 aliphatic carbocycles. The Balaban J connectivity index is 1.75. The van der Waals surface area contributed by atoms with Crippen LogP contribution in [0.2, 0.25) is 0 Å². The fourth-order valence-electron chi connectivity index (χ4n) is 2.22. The summed E-state index contributed by atoms with van der Waals surface area (Å²) in [7, 11) is 1.57. The zero-order chi connectivity index (χ0) is 17.8. The van der Waals surface area contributed by atoms with Gasteiger partial charge in [-0.05, 0) is 43.3 Å². The van der Waals surface area contributed by atoms with Crippen LogP contribution in [-0.4, -0.2) is 40.7 Å². The van der Waals surface area contributed by atoms with E-state index in [1.165, 1.54) is 24.5 Å². The van der Waals surface area contributed by atoms with Crippen LogP contribution in [0.15, 0.2) is 64.1 Å². The van der Waals surface area contributed by atoms with Crippen molar-refractivity contribution in [2.75, 3.05) is 7.11 Å². The first-order chi connectivity index (χ1) is 12.1. The predicted molar refractivity (Wildman–Crippen MR) is 89.8 cm³/mol. The van der Waals surface area contributed by atoms with Crippen LogP contribution in [-0.2, 0) is 4.79 Å². The van der Waals surface area contributed by atoms with Gasteiger partial charge in [-0.2, -0.15) is 20.3 Å². The van der Waals surface area contributed by atoms with Gasteiger partial charge in [-0.3, -0.25) is 14.6 Å². The Labute approximate surface area is 143 Å². The summed E-state index contributed by atoms with van der Waals surface area (Å²) in [4.78, 5) is 28.7. The van der Waals surface area contributed by atoms with E-state index in [-0.39, 0.29) is 0 Å². The van der Waals surface area contributed by atoms with Crippen molar-refractivity contribution in [3.05, 3.63) is 54.4 Å². The Bertz CT molecular complexity index is 846. The normalized spacial score (nSPS) is 17.0. The zero-order valence-corrected chi connectivity index (χ0v) is 13.7. The molecule has 2 heterocycles. The van der Waals surface area contributed by atoms with Crippen molar-refractivity contribution in [2.45, 2.75) is 13.0 Å². The average Bonchev–Trinajstić information content (AvgIpc) is 2.94. The minimum Gasteiger partial charge on any atom is -0.497 e. The summed E-state index contributed by atoms with van der Waals surface area (Å²) in [5, 5.41) is 12.9. The zero-order valence-electron chi connectivity index (χ0n) is 13.7. The molecule has 0 saturated carbocycles. The molecule has 126 valence electrons. The van der Waals surface area contributed by atoms with Crippen LogP contribution < -0.4 is 4.74 Å². The van der Waals surface area contributed by atoms with Crippen molar-refractivity contribution in [2.24, 2.45) is 15.3 Å². The lowest BCUT2D eigenvalue weighted by atomic mass is 10.2. The SMILES string of the molecule is COc1ccc(N=N[C@@H]2C(=O)N(C(=O)c3ccncc3)N=C2C)cc1. The van der Waals surface area contributed by atoms with Gasteiger partial charge in [0.1, 0.15) is 5.75 Å². The van der Waals surface area contributed by atoms with Gasteiger partial charge in [0.2, 0.25) is 0 Å². The molecule has 2 amide bonds. The molecule has 1 aromatic heterocycles. The van der Waals surface area contributed by atoms with Gasteiger partial charge in [0.15, 0.2) is 6.04 Å². The number of hydrazone groups is 1. The van der Waals surface area contributed by atoms with Crippen molar-refractivity contribution in [3.63, 3.8) is 0 Å². The van der Waals surface area contributed by atoms with Crippen molar-refractivity contribution >= 4 is 23.2 Å². The van der Waals surface area contributed by atoms with Crippen molar-refractivity contribution in [1.82, 2.24) is 9.99 Å². The minimum absolute atomic E-state index is 0.327. The smallest absolute Gasteiger partial charge is 0.282 e. The van der Waals surface area contributed by atoms with E-state index in [1.54, 1.807) is 38.3 Å². The van der Waals surface area contributed by atoms with Gasteiger partial charge in [-0.1, -0.05) is 0 Å². The third-order valence-corrected chi connectivity index (χ3v) is 3.58. The van der Waals surface area contributed by atoms with Crippen LogP contribution in [0.4, 0.5) is 5.69 Å². The Morgan fingerprint density at radius 2 is 1.84 bits per heavy atom. The second-order valence-corrected chi connectivity index (χ2v) is 5.25. The number of amides is 2. The first kappa shape index (κ1) is 16.4. The summed E-state index contributed by atoms with van der Waals surface area (Å²) in [6.07, 6.45) is 2.95. The molecule has 1 atom stereocenters. The lowest BCUT2D eigenvalue weighted by molar-refractivity contribution is -0.127. The summed E-state index contributed by atoms with van der Waals surface area (Å²) < 4.78 is 5.07. The number of imide groups is 1. The maximum absolute atomic E-state index is 12.5. The van der Waals surface area contributed by atoms with E-state index in [0.29, 0.717) is 22.7 Å². The molecule has 0 spiro atoms. The molecule has 1 aromatic carbocycles. The van der Waals surface area contributed by atoms with E-state index in [2.05, 4.69) is 20.3 Å². The van der Waals surface area contributed by atoms with Crippen molar-refractivity contribution in [3.8, 4) is 5.75 Å². The van der Waals surface area contributed by atoms with E-state index in [4.69, 9.17) is 4.74 Å². The molecule has 0 N–H and O–H groups in total. The average molecular weight is 337 g/mol. The summed E-state index contributed by atoms with van der Waals surface area (Å²) in [6.45, 7) is 1.63. The largest absolute Gasteiger partial charge is 0.497 e. The van der Waals surface area contributed by atoms with E-state index < -0.39 is 17.9 Å². The first-order valence-corrected chi connectivity index (χ1v) is 7.48. The van der Waals surface area contributed by atoms with Crippen molar-refractivity contribution in [1.29, 1.82) is 0 Å². The summed E-state index contributed by atoms with van der Waals surface area (Å²) in [6, 6.07) is 9.05. The molecule has 0 radical (unpaired) electrons. The fraction of sp³-hybridized carbons (Fsp3) is 0.176. The first-order valence-electron chi connectivity index (χ1n) is 7.48. The number of hydrogen-bond donors (Lipinski definition) is 0. The van der Waals surface area contributed by atoms with Gasteiger partial charge in [0.25, 0.3) is 11.8 Å². The summed E-state index contributed by atoms with van der Waals surface area (Å²) in [5.74, 6) is -0.353. The standard InChI is InChI=1S/C17H15N5O3/c1-11-15(20-19-13-3-5-14(25-2)6-4-13)17(24)22(21-11)16(23)12-7-9-18-10-8-12/h3-10,15H,1-2H3/t15-/m0/s1. The molecule has 1 aliphatic rings. The van der Waals surface area contributed by atoms with Gasteiger partial charge in [-0.25, -0.2) is 0 Å². The highest BCUT2D eigenvalue weighted by atomic mass is 16.5. The number of aromatic nitrogens is 1. The summed E-state index contributed by atoms with van der Waals surface area (Å²) in [5.41, 5.74) is 1.30. The number of ether oxygens (including phenoxy) is 1. The molecule has 0 saturated heterocycles. The second-order valence-electron chi connectivity index (χ2n) is 5.25. The Morgan fingerprint density at radius 3 is 2.48 bits per heavy atom. The van der Waals surface area contributed by atoms with Crippen LogP contribution in [0.5, 0.6) is 5.75 Å². The van der Waals surface area contributed by atoms with Gasteiger partial charge < -0.3 is 4.74 Å². The third kappa shape index (κ3) is 3.42. The molecule has 0 unspecified atom stereocenters. The van der Waals surface area contributed by atoms with E-state index in [9.17, 15) is 9.59 Å². The van der Waals surface area contributed by atoms with E-state index >= 15 is 0 Å². The highest BCUT2D eigenvalue weighted by Crippen LogP contribution is 2.21. The second kappa shape index (κ2) is 7.00. The number of rotatable bonds is 4. The highest BCUT2D eigenvalue weighted by molar-refractivity contribution is 6.18. The minimum atomic E-state index is -0.909. The maximum atomic E-state index is 12.5. The Kier molecular flexibility index (Phi) is 4.60. The molecule has 3 rings (SSSR count). The number of azo groups is 1. The number of nitrogens with zero attached hydrogens (tertiary/aromatic N) is 5. The van der Waals surface area contributed by atoms with Crippen LogP contribution in [0.25, 0.3) is 0 Å². The molecule has 25 heavy (non-hydrogen) atoms. The van der Waals surface area contributed by atoms with Crippen molar-refractivity contribution < 1.29 is 14.3 Å². The van der Waals surface area contributed by atoms with Crippen LogP contribution in [0.3, 0.4) is 0 Å². The van der Waals surface area contributed by atoms with Crippen LogP contribution >= 0.6 is 0 Å². The van der Waals surface area contributed by atoms with E-state index in [0.717, 1.165) is 5.01 Å². The van der Waals surface area contributed by atoms with Crippen LogP contribution in [0, 0.1) is 0 Å². The quantitative estimate of drug-likeness (QED) is 0.632. The van der Waals surface area contributed by atoms with E-state index in [1.807, 2.05) is 0 Å².